The summed E-state index contributed by atoms with van der Waals surface area (Å²) in [5.41, 5.74) is 2.50. The minimum absolute atomic E-state index is 0.256. The maximum Gasteiger partial charge on any atom is 0.410 e. The summed E-state index contributed by atoms with van der Waals surface area (Å²) in [5.74, 6) is 0.825. The Labute approximate surface area is 187 Å². The number of piperidine rings is 1. The summed E-state index contributed by atoms with van der Waals surface area (Å²) in [7, 11) is 0. The number of fused-ring (bicyclic) bond motifs is 1. The lowest BCUT2D eigenvalue weighted by Crippen LogP contribution is -2.41. The number of furan rings is 1. The maximum atomic E-state index is 12.3. The van der Waals surface area contributed by atoms with Crippen molar-refractivity contribution in [3.63, 3.8) is 0 Å². The van der Waals surface area contributed by atoms with Crippen LogP contribution in [0, 0.1) is 11.3 Å². The van der Waals surface area contributed by atoms with E-state index in [1.54, 1.807) is 17.2 Å². The average Bonchev–Trinajstić information content (AvgIpc) is 3.27. The molecule has 1 aromatic carbocycles. The van der Waals surface area contributed by atoms with Crippen LogP contribution in [0.3, 0.4) is 0 Å². The first-order chi connectivity index (χ1) is 15.3. The largest absolute Gasteiger partial charge is 0.473 e. The Kier molecular flexibility index (Phi) is 6.04. The highest BCUT2D eigenvalue weighted by atomic mass is 16.6. The highest BCUT2D eigenvalue weighted by Crippen LogP contribution is 2.29. The van der Waals surface area contributed by atoms with Gasteiger partial charge in [-0.15, -0.1) is 0 Å². The minimum Gasteiger partial charge on any atom is -0.473 e. The predicted molar refractivity (Wildman–Crippen MR) is 119 cm³/mol. The van der Waals surface area contributed by atoms with Crippen LogP contribution in [0.5, 0.6) is 5.88 Å². The first-order valence-electron chi connectivity index (χ1n) is 10.8. The van der Waals surface area contributed by atoms with E-state index in [1.165, 1.54) is 0 Å². The summed E-state index contributed by atoms with van der Waals surface area (Å²) < 4.78 is 16.9. The summed E-state index contributed by atoms with van der Waals surface area (Å²) in [6, 6.07) is 13.4. The molecule has 7 heteroatoms. The monoisotopic (exact) mass is 433 g/mol. The Morgan fingerprint density at radius 3 is 2.72 bits per heavy atom. The van der Waals surface area contributed by atoms with Crippen LogP contribution in [-0.2, 0) is 11.3 Å². The molecule has 1 saturated heterocycles. The molecule has 3 heterocycles. The number of pyridine rings is 1. The van der Waals surface area contributed by atoms with Crippen molar-refractivity contribution >= 4 is 17.1 Å². The molecule has 0 saturated carbocycles. The Bertz CT molecular complexity index is 1150. The lowest BCUT2D eigenvalue weighted by molar-refractivity contribution is 0.0204. The van der Waals surface area contributed by atoms with Crippen molar-refractivity contribution in [2.24, 2.45) is 0 Å². The van der Waals surface area contributed by atoms with E-state index in [0.717, 1.165) is 29.5 Å². The van der Waals surface area contributed by atoms with Crippen LogP contribution in [0.2, 0.25) is 0 Å². The van der Waals surface area contributed by atoms with Crippen LogP contribution in [0.15, 0.2) is 47.1 Å². The van der Waals surface area contributed by atoms with Crippen LogP contribution in [-0.4, -0.2) is 34.7 Å². The molecule has 0 bridgehead atoms. The van der Waals surface area contributed by atoms with E-state index in [0.29, 0.717) is 36.7 Å². The lowest BCUT2D eigenvalue weighted by atomic mass is 9.93. The summed E-state index contributed by atoms with van der Waals surface area (Å²) in [4.78, 5) is 18.8. The van der Waals surface area contributed by atoms with Gasteiger partial charge in [0.25, 0.3) is 0 Å². The molecule has 1 aliphatic heterocycles. The second-order valence-electron chi connectivity index (χ2n) is 8.98. The number of nitriles is 1. The Balaban J connectivity index is 1.38. The predicted octanol–water partition coefficient (Wildman–Crippen LogP) is 5.39. The number of benzene rings is 1. The zero-order valence-corrected chi connectivity index (χ0v) is 18.6. The van der Waals surface area contributed by atoms with Gasteiger partial charge in [0.1, 0.15) is 18.3 Å². The second kappa shape index (κ2) is 8.91. The van der Waals surface area contributed by atoms with Crippen molar-refractivity contribution in [1.29, 1.82) is 5.26 Å². The molecule has 0 unspecified atom stereocenters. The molecule has 166 valence electrons. The number of amides is 1. The Hall–Kier alpha value is -3.53. The second-order valence-corrected chi connectivity index (χ2v) is 8.98. The number of nitrogens with zero attached hydrogens (tertiary/aromatic N) is 3. The maximum absolute atomic E-state index is 12.3. The number of carbonyl (C=O) groups is 1. The van der Waals surface area contributed by atoms with E-state index in [2.05, 4.69) is 6.07 Å². The molecule has 0 aliphatic carbocycles. The number of hydrogen-bond donors (Lipinski definition) is 0. The van der Waals surface area contributed by atoms with Gasteiger partial charge in [-0.25, -0.2) is 9.78 Å². The van der Waals surface area contributed by atoms with E-state index in [9.17, 15) is 10.1 Å². The average molecular weight is 434 g/mol. The van der Waals surface area contributed by atoms with E-state index in [-0.39, 0.29) is 12.0 Å². The molecule has 1 amide bonds. The van der Waals surface area contributed by atoms with Gasteiger partial charge in [-0.2, -0.15) is 5.26 Å². The summed E-state index contributed by atoms with van der Waals surface area (Å²) in [6.07, 6.45) is 2.99. The smallest absolute Gasteiger partial charge is 0.410 e. The van der Waals surface area contributed by atoms with Gasteiger partial charge in [0.05, 0.1) is 11.8 Å². The van der Waals surface area contributed by atoms with E-state index >= 15 is 0 Å². The van der Waals surface area contributed by atoms with Crippen LogP contribution in [0.25, 0.3) is 11.0 Å². The highest BCUT2D eigenvalue weighted by Gasteiger charge is 2.28. The van der Waals surface area contributed by atoms with Crippen LogP contribution in [0.4, 0.5) is 4.79 Å². The zero-order chi connectivity index (χ0) is 22.7. The quantitative estimate of drug-likeness (QED) is 0.548. The SMILES string of the molecule is CC(C)(C)OC(=O)N1CCC(c2cccc(OCc3ccc(C#N)c4occc34)n2)CC1. The van der Waals surface area contributed by atoms with E-state index < -0.39 is 5.60 Å². The third-order valence-electron chi connectivity index (χ3n) is 5.51. The lowest BCUT2D eigenvalue weighted by Gasteiger charge is -2.33. The minimum atomic E-state index is -0.488. The molecule has 32 heavy (non-hydrogen) atoms. The molecular formula is C25H27N3O4. The fraction of sp³-hybridized carbons (Fsp3) is 0.400. The number of rotatable bonds is 4. The molecular weight excluding hydrogens is 406 g/mol. The van der Waals surface area contributed by atoms with E-state index in [1.807, 2.05) is 51.1 Å². The first kappa shape index (κ1) is 21.7. The van der Waals surface area contributed by atoms with Gasteiger partial charge >= 0.3 is 6.09 Å². The third-order valence-corrected chi connectivity index (χ3v) is 5.51. The molecule has 2 aromatic heterocycles. The number of ether oxygens (including phenoxy) is 2. The van der Waals surface area contributed by atoms with Gasteiger partial charge in [-0.05, 0) is 51.8 Å². The molecule has 0 atom stereocenters. The third kappa shape index (κ3) is 4.86. The van der Waals surface area contributed by atoms with Gasteiger partial charge in [0.2, 0.25) is 5.88 Å². The molecule has 0 N–H and O–H groups in total. The highest BCUT2D eigenvalue weighted by molar-refractivity contribution is 5.85. The summed E-state index contributed by atoms with van der Waals surface area (Å²) in [6.45, 7) is 7.26. The van der Waals surface area contributed by atoms with Crippen molar-refractivity contribution < 1.29 is 18.7 Å². The number of aromatic nitrogens is 1. The molecule has 1 aliphatic rings. The van der Waals surface area contributed by atoms with Gasteiger partial charge < -0.3 is 18.8 Å². The molecule has 0 radical (unpaired) electrons. The van der Waals surface area contributed by atoms with Gasteiger partial charge in [0.15, 0.2) is 5.58 Å². The number of carbonyl (C=O) groups excluding carboxylic acids is 1. The number of hydrogen-bond acceptors (Lipinski definition) is 6. The first-order valence-corrected chi connectivity index (χ1v) is 10.8. The molecule has 0 spiro atoms. The van der Waals surface area contributed by atoms with Gasteiger partial charge in [-0.1, -0.05) is 12.1 Å². The van der Waals surface area contributed by atoms with Gasteiger partial charge in [0, 0.05) is 41.7 Å². The van der Waals surface area contributed by atoms with Crippen molar-refractivity contribution in [2.45, 2.75) is 51.7 Å². The molecule has 4 rings (SSSR count). The Morgan fingerprint density at radius 1 is 1.22 bits per heavy atom. The summed E-state index contributed by atoms with van der Waals surface area (Å²) >= 11 is 0. The normalized spacial score (nSPS) is 14.9. The zero-order valence-electron chi connectivity index (χ0n) is 18.6. The van der Waals surface area contributed by atoms with Crippen LogP contribution < -0.4 is 4.74 Å². The fourth-order valence-electron chi connectivity index (χ4n) is 3.91. The molecule has 1 fully saturated rings. The number of likely N-dealkylation sites (tertiary alicyclic amines) is 1. The van der Waals surface area contributed by atoms with Gasteiger partial charge in [-0.3, -0.25) is 0 Å². The van der Waals surface area contributed by atoms with Crippen LogP contribution >= 0.6 is 0 Å². The van der Waals surface area contributed by atoms with Crippen molar-refractivity contribution in [2.75, 3.05) is 13.1 Å². The summed E-state index contributed by atoms with van der Waals surface area (Å²) in [5, 5.41) is 10.1. The van der Waals surface area contributed by atoms with Crippen LogP contribution in [0.1, 0.15) is 56.4 Å². The topological polar surface area (TPSA) is 88.6 Å². The Morgan fingerprint density at radius 2 is 2.00 bits per heavy atom. The standard InChI is InChI=1S/C25H27N3O4/c1-25(2,3)32-24(29)28-12-9-17(10-13-28)21-5-4-6-22(27-21)31-16-19-8-7-18(15-26)23-20(19)11-14-30-23/h4-8,11,14,17H,9-10,12-13,16H2,1-3H3. The van der Waals surface area contributed by atoms with Crippen molar-refractivity contribution in [3.05, 3.63) is 59.5 Å². The fourth-order valence-corrected chi connectivity index (χ4v) is 3.91. The van der Waals surface area contributed by atoms with Crippen molar-refractivity contribution in [3.8, 4) is 11.9 Å². The molecule has 3 aromatic rings. The van der Waals surface area contributed by atoms with E-state index in [4.69, 9.17) is 18.9 Å². The molecule has 7 nitrogen and oxygen atoms in total. The van der Waals surface area contributed by atoms with Crippen molar-refractivity contribution in [1.82, 2.24) is 9.88 Å².